The second kappa shape index (κ2) is 8.09. The van der Waals surface area contributed by atoms with Gasteiger partial charge in [0.2, 0.25) is 11.6 Å². The van der Waals surface area contributed by atoms with Gasteiger partial charge in [-0.3, -0.25) is 4.79 Å². The van der Waals surface area contributed by atoms with Crippen LogP contribution in [0.1, 0.15) is 48.0 Å². The second-order valence-corrected chi connectivity index (χ2v) is 8.29. The number of benzene rings is 1. The molecule has 0 spiro atoms. The number of furan rings is 1. The third-order valence-electron chi connectivity index (χ3n) is 6.20. The maximum atomic E-state index is 13.2. The van der Waals surface area contributed by atoms with E-state index < -0.39 is 0 Å². The topological polar surface area (TPSA) is 71.3 Å². The van der Waals surface area contributed by atoms with Crippen LogP contribution in [0.4, 0.5) is 11.5 Å². The van der Waals surface area contributed by atoms with Gasteiger partial charge in [-0.25, -0.2) is 4.98 Å². The summed E-state index contributed by atoms with van der Waals surface area (Å²) < 4.78 is 5.85. The number of hydrogen-bond acceptors (Lipinski definition) is 5. The van der Waals surface area contributed by atoms with Crippen molar-refractivity contribution in [3.8, 4) is 0 Å². The lowest BCUT2D eigenvalue weighted by molar-refractivity contribution is -0.120. The van der Waals surface area contributed by atoms with Gasteiger partial charge in [0.1, 0.15) is 17.4 Å². The van der Waals surface area contributed by atoms with Crippen molar-refractivity contribution in [1.29, 1.82) is 0 Å². The fraction of sp³-hybridized carbons (Fsp3) is 0.458. The van der Waals surface area contributed by atoms with Gasteiger partial charge in [0.25, 0.3) is 0 Å². The van der Waals surface area contributed by atoms with Crippen molar-refractivity contribution >= 4 is 28.5 Å². The molecule has 0 saturated carbocycles. The first kappa shape index (κ1) is 20.4. The largest absolute Gasteiger partial charge is 0.443 e. The first-order valence-electron chi connectivity index (χ1n) is 10.8. The van der Waals surface area contributed by atoms with Crippen LogP contribution in [0.3, 0.4) is 0 Å². The monoisotopic (exact) mass is 406 g/mol. The average Bonchev–Trinajstić information content (AvgIpc) is 3.02. The number of amides is 1. The van der Waals surface area contributed by atoms with Gasteiger partial charge in [0.05, 0.1) is 11.3 Å². The Bertz CT molecular complexity index is 1100. The fourth-order valence-corrected chi connectivity index (χ4v) is 4.37. The van der Waals surface area contributed by atoms with Gasteiger partial charge in [-0.1, -0.05) is 25.1 Å². The maximum Gasteiger partial charge on any atom is 0.231 e. The van der Waals surface area contributed by atoms with E-state index >= 15 is 0 Å². The van der Waals surface area contributed by atoms with Gasteiger partial charge < -0.3 is 14.6 Å². The summed E-state index contributed by atoms with van der Waals surface area (Å²) in [6.07, 6.45) is 2.73. The highest BCUT2D eigenvalue weighted by Crippen LogP contribution is 2.33. The quantitative estimate of drug-likeness (QED) is 0.669. The number of rotatable bonds is 4. The summed E-state index contributed by atoms with van der Waals surface area (Å²) in [4.78, 5) is 24.6. The second-order valence-electron chi connectivity index (χ2n) is 8.29. The maximum absolute atomic E-state index is 13.2. The molecule has 0 unspecified atom stereocenters. The van der Waals surface area contributed by atoms with E-state index in [4.69, 9.17) is 9.40 Å². The minimum Gasteiger partial charge on any atom is -0.443 e. The lowest BCUT2D eigenvalue weighted by Crippen LogP contribution is -2.41. The number of anilines is 2. The fourth-order valence-electron chi connectivity index (χ4n) is 4.37. The molecule has 0 bridgehead atoms. The zero-order valence-corrected chi connectivity index (χ0v) is 18.5. The van der Waals surface area contributed by atoms with E-state index in [0.717, 1.165) is 59.6 Å². The first-order chi connectivity index (χ1) is 14.4. The summed E-state index contributed by atoms with van der Waals surface area (Å²) in [5.74, 6) is 2.44. The molecular formula is C24H30N4O2. The molecule has 4 rings (SSSR count). The average molecular weight is 407 g/mol. The Kier molecular flexibility index (Phi) is 5.50. The molecule has 1 saturated heterocycles. The molecule has 1 aliphatic rings. The first-order valence-corrected chi connectivity index (χ1v) is 10.8. The molecule has 3 aromatic rings. The standard InChI is InChI=1S/C24H30N4O2/c1-6-18-10-7-9-14(2)21(18)27-23(29)19-11-8-12-28(13-19)22-20-15(3)16(4)30-24(20)26-17(5)25-22/h7,9-10,19H,6,8,11-13H2,1-5H3,(H,27,29)/t19-/m0/s1. The van der Waals surface area contributed by atoms with Gasteiger partial charge >= 0.3 is 0 Å². The highest BCUT2D eigenvalue weighted by Gasteiger charge is 2.29. The lowest BCUT2D eigenvalue weighted by atomic mass is 9.96. The van der Waals surface area contributed by atoms with Crippen LogP contribution in [0.15, 0.2) is 22.6 Å². The predicted octanol–water partition coefficient (Wildman–Crippen LogP) is 4.87. The van der Waals surface area contributed by atoms with Crippen LogP contribution in [0.25, 0.3) is 11.1 Å². The van der Waals surface area contributed by atoms with Crippen LogP contribution in [0, 0.1) is 33.6 Å². The van der Waals surface area contributed by atoms with Gasteiger partial charge in [0.15, 0.2) is 0 Å². The molecule has 2 aromatic heterocycles. The number of nitrogens with one attached hydrogen (secondary N) is 1. The highest BCUT2D eigenvalue weighted by molar-refractivity contribution is 5.95. The summed E-state index contributed by atoms with van der Waals surface area (Å²) in [5.41, 5.74) is 4.94. The van der Waals surface area contributed by atoms with E-state index in [2.05, 4.69) is 28.2 Å². The Morgan fingerprint density at radius 1 is 1.23 bits per heavy atom. The van der Waals surface area contributed by atoms with E-state index in [1.807, 2.05) is 39.8 Å². The van der Waals surface area contributed by atoms with Gasteiger partial charge in [-0.2, -0.15) is 4.98 Å². The third kappa shape index (κ3) is 3.66. The minimum atomic E-state index is -0.0818. The van der Waals surface area contributed by atoms with Crippen LogP contribution >= 0.6 is 0 Å². The Morgan fingerprint density at radius 2 is 2.03 bits per heavy atom. The van der Waals surface area contributed by atoms with Crippen LogP contribution in [0.5, 0.6) is 0 Å². The molecule has 1 aromatic carbocycles. The molecule has 30 heavy (non-hydrogen) atoms. The van der Waals surface area contributed by atoms with Gasteiger partial charge in [-0.15, -0.1) is 0 Å². The van der Waals surface area contributed by atoms with Gasteiger partial charge in [-0.05, 0) is 58.1 Å². The number of piperidine rings is 1. The summed E-state index contributed by atoms with van der Waals surface area (Å²) in [6, 6.07) is 6.18. The Morgan fingerprint density at radius 3 is 2.80 bits per heavy atom. The number of carbonyl (C=O) groups excluding carboxylic acids is 1. The molecule has 1 aliphatic heterocycles. The number of para-hydroxylation sites is 1. The van der Waals surface area contributed by atoms with Crippen molar-refractivity contribution in [3.05, 3.63) is 46.5 Å². The number of hydrogen-bond donors (Lipinski definition) is 1. The minimum absolute atomic E-state index is 0.0818. The molecule has 0 radical (unpaired) electrons. The molecule has 1 N–H and O–H groups in total. The van der Waals surface area contributed by atoms with Gasteiger partial charge in [0, 0.05) is 24.3 Å². The molecule has 158 valence electrons. The van der Waals surface area contributed by atoms with Crippen LogP contribution in [0.2, 0.25) is 0 Å². The molecule has 1 amide bonds. The smallest absolute Gasteiger partial charge is 0.231 e. The number of aromatic nitrogens is 2. The van der Waals surface area contributed by atoms with Crippen molar-refractivity contribution < 1.29 is 9.21 Å². The van der Waals surface area contributed by atoms with Crippen LogP contribution < -0.4 is 10.2 Å². The van der Waals surface area contributed by atoms with E-state index in [-0.39, 0.29) is 11.8 Å². The van der Waals surface area contributed by atoms with Crippen molar-refractivity contribution in [2.75, 3.05) is 23.3 Å². The molecule has 1 fully saturated rings. The van der Waals surface area contributed by atoms with Crippen molar-refractivity contribution in [2.45, 2.75) is 53.9 Å². The normalized spacial score (nSPS) is 16.8. The molecule has 3 heterocycles. The summed E-state index contributed by atoms with van der Waals surface area (Å²) in [5, 5.41) is 4.18. The van der Waals surface area contributed by atoms with E-state index in [1.54, 1.807) is 0 Å². The van der Waals surface area contributed by atoms with Crippen molar-refractivity contribution in [1.82, 2.24) is 9.97 Å². The van der Waals surface area contributed by atoms with E-state index in [1.165, 1.54) is 5.56 Å². The summed E-state index contributed by atoms with van der Waals surface area (Å²) in [6.45, 7) is 11.6. The lowest BCUT2D eigenvalue weighted by Gasteiger charge is -2.33. The number of aryl methyl sites for hydroxylation is 5. The van der Waals surface area contributed by atoms with Crippen molar-refractivity contribution in [2.24, 2.45) is 5.92 Å². The zero-order valence-electron chi connectivity index (χ0n) is 18.5. The Hall–Kier alpha value is -2.89. The Labute approximate surface area is 177 Å². The summed E-state index contributed by atoms with van der Waals surface area (Å²) >= 11 is 0. The molecule has 1 atom stereocenters. The van der Waals surface area contributed by atoms with E-state index in [0.29, 0.717) is 18.1 Å². The molecule has 6 nitrogen and oxygen atoms in total. The zero-order chi connectivity index (χ0) is 21.4. The van der Waals surface area contributed by atoms with Crippen LogP contribution in [-0.4, -0.2) is 29.0 Å². The van der Waals surface area contributed by atoms with Crippen molar-refractivity contribution in [3.63, 3.8) is 0 Å². The highest BCUT2D eigenvalue weighted by atomic mass is 16.3. The molecule has 6 heteroatoms. The molecular weight excluding hydrogens is 376 g/mol. The van der Waals surface area contributed by atoms with Crippen LogP contribution in [-0.2, 0) is 11.2 Å². The Balaban J connectivity index is 1.60. The SMILES string of the molecule is CCc1cccc(C)c1NC(=O)[C@H]1CCCN(c2nc(C)nc3oc(C)c(C)c23)C1. The summed E-state index contributed by atoms with van der Waals surface area (Å²) in [7, 11) is 0. The third-order valence-corrected chi connectivity index (χ3v) is 6.20. The number of nitrogens with zero attached hydrogens (tertiary/aromatic N) is 3. The van der Waals surface area contributed by atoms with E-state index in [9.17, 15) is 4.79 Å². The number of fused-ring (bicyclic) bond motifs is 1. The predicted molar refractivity (Wildman–Crippen MR) is 120 cm³/mol. The molecule has 0 aliphatic carbocycles. The number of carbonyl (C=O) groups is 1.